The SMILES string of the molecule is CCC(NC(=O)Nc1cnc(N(C)C)nc1)c1ccc(F)cc1F. The number of halogens is 2. The average Bonchev–Trinajstić information content (AvgIpc) is 2.53. The van der Waals surface area contributed by atoms with Crippen molar-refractivity contribution in [3.63, 3.8) is 0 Å². The molecule has 1 unspecified atom stereocenters. The minimum atomic E-state index is -0.694. The van der Waals surface area contributed by atoms with Crippen molar-refractivity contribution in [2.75, 3.05) is 24.3 Å². The first-order valence-electron chi connectivity index (χ1n) is 7.42. The molecular formula is C16H19F2N5O. The third-order valence-electron chi connectivity index (χ3n) is 3.35. The van der Waals surface area contributed by atoms with E-state index in [4.69, 9.17) is 0 Å². The predicted octanol–water partition coefficient (Wildman–Crippen LogP) is 3.09. The summed E-state index contributed by atoms with van der Waals surface area (Å²) in [5, 5.41) is 5.23. The molecule has 0 aliphatic carbocycles. The molecule has 0 saturated heterocycles. The van der Waals surface area contributed by atoms with Gasteiger partial charge >= 0.3 is 6.03 Å². The Labute approximate surface area is 138 Å². The van der Waals surface area contributed by atoms with Gasteiger partial charge in [-0.25, -0.2) is 23.5 Å². The number of anilines is 2. The van der Waals surface area contributed by atoms with E-state index >= 15 is 0 Å². The van der Waals surface area contributed by atoms with Crippen LogP contribution in [0.4, 0.5) is 25.2 Å². The van der Waals surface area contributed by atoms with Crippen LogP contribution in [0.1, 0.15) is 24.9 Å². The molecule has 0 radical (unpaired) electrons. The Bertz CT molecular complexity index is 706. The van der Waals surface area contributed by atoms with Gasteiger partial charge in [0.2, 0.25) is 5.95 Å². The molecule has 0 aliphatic heterocycles. The van der Waals surface area contributed by atoms with Gasteiger partial charge < -0.3 is 15.5 Å². The molecule has 2 N–H and O–H groups in total. The second-order valence-corrected chi connectivity index (χ2v) is 5.39. The first kappa shape index (κ1) is 17.6. The number of carbonyl (C=O) groups excluding carboxylic acids is 1. The third-order valence-corrected chi connectivity index (χ3v) is 3.35. The second kappa shape index (κ2) is 7.67. The fraction of sp³-hybridized carbons (Fsp3) is 0.312. The number of rotatable bonds is 5. The van der Waals surface area contributed by atoms with Crippen LogP contribution in [0.15, 0.2) is 30.6 Å². The van der Waals surface area contributed by atoms with Gasteiger partial charge in [0.25, 0.3) is 0 Å². The molecule has 2 aromatic rings. The number of carbonyl (C=O) groups is 1. The molecule has 0 saturated carbocycles. The highest BCUT2D eigenvalue weighted by molar-refractivity contribution is 5.89. The van der Waals surface area contributed by atoms with Gasteiger partial charge in [-0.15, -0.1) is 0 Å². The number of urea groups is 1. The molecule has 8 heteroatoms. The number of nitrogens with zero attached hydrogens (tertiary/aromatic N) is 3. The lowest BCUT2D eigenvalue weighted by Gasteiger charge is -2.18. The van der Waals surface area contributed by atoms with Crippen molar-refractivity contribution in [2.24, 2.45) is 0 Å². The summed E-state index contributed by atoms with van der Waals surface area (Å²) in [5.74, 6) is -0.838. The Morgan fingerprint density at radius 2 is 1.92 bits per heavy atom. The Morgan fingerprint density at radius 1 is 1.25 bits per heavy atom. The minimum Gasteiger partial charge on any atom is -0.347 e. The van der Waals surface area contributed by atoms with E-state index < -0.39 is 23.7 Å². The highest BCUT2D eigenvalue weighted by atomic mass is 19.1. The van der Waals surface area contributed by atoms with Crippen LogP contribution in [-0.2, 0) is 0 Å². The van der Waals surface area contributed by atoms with E-state index in [0.29, 0.717) is 18.1 Å². The Hall–Kier alpha value is -2.77. The van der Waals surface area contributed by atoms with Crippen molar-refractivity contribution in [1.82, 2.24) is 15.3 Å². The Kier molecular flexibility index (Phi) is 5.62. The van der Waals surface area contributed by atoms with Gasteiger partial charge in [-0.05, 0) is 12.5 Å². The second-order valence-electron chi connectivity index (χ2n) is 5.39. The molecule has 2 amide bonds. The number of nitrogens with one attached hydrogen (secondary N) is 2. The average molecular weight is 335 g/mol. The normalized spacial score (nSPS) is 11.7. The largest absolute Gasteiger partial charge is 0.347 e. The molecule has 0 bridgehead atoms. The monoisotopic (exact) mass is 335 g/mol. The van der Waals surface area contributed by atoms with Gasteiger partial charge in [0.05, 0.1) is 24.1 Å². The first-order chi connectivity index (χ1) is 11.4. The molecule has 1 aromatic carbocycles. The van der Waals surface area contributed by atoms with Crippen LogP contribution in [0.3, 0.4) is 0 Å². The molecular weight excluding hydrogens is 316 g/mol. The van der Waals surface area contributed by atoms with Gasteiger partial charge in [0.15, 0.2) is 0 Å². The molecule has 0 aliphatic rings. The van der Waals surface area contributed by atoms with E-state index in [1.54, 1.807) is 25.9 Å². The zero-order valence-electron chi connectivity index (χ0n) is 13.7. The van der Waals surface area contributed by atoms with E-state index in [9.17, 15) is 13.6 Å². The number of hydrogen-bond acceptors (Lipinski definition) is 4. The van der Waals surface area contributed by atoms with Crippen LogP contribution in [-0.4, -0.2) is 30.1 Å². The van der Waals surface area contributed by atoms with Crippen molar-refractivity contribution in [3.05, 3.63) is 47.8 Å². The Balaban J connectivity index is 2.04. The molecule has 1 atom stereocenters. The Morgan fingerprint density at radius 3 is 2.46 bits per heavy atom. The maximum atomic E-state index is 13.8. The summed E-state index contributed by atoms with van der Waals surface area (Å²) in [4.78, 5) is 22.0. The van der Waals surface area contributed by atoms with Crippen LogP contribution in [0.25, 0.3) is 0 Å². The molecule has 2 rings (SSSR count). The summed E-state index contributed by atoms with van der Waals surface area (Å²) in [7, 11) is 3.61. The van der Waals surface area contributed by atoms with E-state index in [-0.39, 0.29) is 5.56 Å². The van der Waals surface area contributed by atoms with Gasteiger partial charge in [0, 0.05) is 25.7 Å². The maximum absolute atomic E-state index is 13.8. The highest BCUT2D eigenvalue weighted by Gasteiger charge is 2.17. The van der Waals surface area contributed by atoms with Crippen molar-refractivity contribution in [3.8, 4) is 0 Å². The molecule has 6 nitrogen and oxygen atoms in total. The van der Waals surface area contributed by atoms with Crippen molar-refractivity contribution < 1.29 is 13.6 Å². The van der Waals surface area contributed by atoms with Gasteiger partial charge in [-0.1, -0.05) is 13.0 Å². The van der Waals surface area contributed by atoms with Crippen LogP contribution in [0.5, 0.6) is 0 Å². The van der Waals surface area contributed by atoms with Crippen LogP contribution < -0.4 is 15.5 Å². The van der Waals surface area contributed by atoms with Gasteiger partial charge in [-0.2, -0.15) is 0 Å². The third kappa shape index (κ3) is 4.37. The highest BCUT2D eigenvalue weighted by Crippen LogP contribution is 2.21. The lowest BCUT2D eigenvalue weighted by Crippen LogP contribution is -2.33. The summed E-state index contributed by atoms with van der Waals surface area (Å²) in [6.07, 6.45) is 3.40. The molecule has 1 aromatic heterocycles. The zero-order valence-corrected chi connectivity index (χ0v) is 13.7. The summed E-state index contributed by atoms with van der Waals surface area (Å²) in [6.45, 7) is 1.79. The summed E-state index contributed by atoms with van der Waals surface area (Å²) < 4.78 is 26.8. The van der Waals surface area contributed by atoms with Crippen LogP contribution in [0.2, 0.25) is 0 Å². The molecule has 0 fully saturated rings. The fourth-order valence-electron chi connectivity index (χ4n) is 2.13. The number of aromatic nitrogens is 2. The summed E-state index contributed by atoms with van der Waals surface area (Å²) in [6, 6.07) is 2.19. The van der Waals surface area contributed by atoms with Gasteiger partial charge in [-0.3, -0.25) is 0 Å². The molecule has 0 spiro atoms. The molecule has 128 valence electrons. The standard InChI is InChI=1S/C16H19F2N5O/c1-4-14(12-6-5-10(17)7-13(12)18)22-16(24)21-11-8-19-15(20-9-11)23(2)3/h5-9,14H,4H2,1-3H3,(H2,21,22,24). The van der Waals surface area contributed by atoms with E-state index in [0.717, 1.165) is 12.1 Å². The molecule has 1 heterocycles. The lowest BCUT2D eigenvalue weighted by molar-refractivity contribution is 0.248. The number of hydrogen-bond donors (Lipinski definition) is 2. The quantitative estimate of drug-likeness (QED) is 0.881. The smallest absolute Gasteiger partial charge is 0.319 e. The number of benzene rings is 1. The van der Waals surface area contributed by atoms with Crippen molar-refractivity contribution in [1.29, 1.82) is 0 Å². The maximum Gasteiger partial charge on any atom is 0.319 e. The van der Waals surface area contributed by atoms with Crippen molar-refractivity contribution in [2.45, 2.75) is 19.4 Å². The minimum absolute atomic E-state index is 0.230. The van der Waals surface area contributed by atoms with Gasteiger partial charge in [0.1, 0.15) is 11.6 Å². The first-order valence-corrected chi connectivity index (χ1v) is 7.42. The van der Waals surface area contributed by atoms with Crippen LogP contribution >= 0.6 is 0 Å². The zero-order chi connectivity index (χ0) is 17.7. The fourth-order valence-corrected chi connectivity index (χ4v) is 2.13. The summed E-state index contributed by atoms with van der Waals surface area (Å²) in [5.41, 5.74) is 0.640. The van der Waals surface area contributed by atoms with Crippen LogP contribution in [0, 0.1) is 11.6 Å². The van der Waals surface area contributed by atoms with Crippen molar-refractivity contribution >= 4 is 17.7 Å². The van der Waals surface area contributed by atoms with E-state index in [2.05, 4.69) is 20.6 Å². The topological polar surface area (TPSA) is 70.2 Å². The lowest BCUT2D eigenvalue weighted by atomic mass is 10.0. The van der Waals surface area contributed by atoms with E-state index in [1.807, 2.05) is 0 Å². The summed E-state index contributed by atoms with van der Waals surface area (Å²) >= 11 is 0. The molecule has 24 heavy (non-hydrogen) atoms. The van der Waals surface area contributed by atoms with E-state index in [1.165, 1.54) is 18.5 Å². The predicted molar refractivity (Wildman–Crippen MR) is 87.9 cm³/mol. The number of amides is 2.